The molecule has 0 radical (unpaired) electrons. The zero-order valence-electron chi connectivity index (χ0n) is 14.9. The molecule has 0 aliphatic carbocycles. The fraction of sp³-hybridized carbons (Fsp3) is 0.368. The predicted octanol–water partition coefficient (Wildman–Crippen LogP) is 2.33. The van der Waals surface area contributed by atoms with Gasteiger partial charge in [0.05, 0.1) is 16.5 Å². The molecular weight excluding hydrogens is 362 g/mol. The molecule has 7 nitrogen and oxygen atoms in total. The molecular formula is C19H21N5O2S. The first kappa shape index (κ1) is 17.7. The highest BCUT2D eigenvalue weighted by Crippen LogP contribution is 2.13. The van der Waals surface area contributed by atoms with E-state index in [2.05, 4.69) is 15.0 Å². The van der Waals surface area contributed by atoms with Crippen LogP contribution in [0.15, 0.2) is 35.2 Å². The third-order valence-corrected chi connectivity index (χ3v) is 5.39. The fourth-order valence-corrected chi connectivity index (χ4v) is 3.88. The Morgan fingerprint density at radius 2 is 1.93 bits per heavy atom. The number of carbonyl (C=O) groups excluding carboxylic acids is 2. The third kappa shape index (κ3) is 4.00. The van der Waals surface area contributed by atoms with Crippen molar-refractivity contribution in [1.82, 2.24) is 24.8 Å². The van der Waals surface area contributed by atoms with Crippen LogP contribution in [0.1, 0.15) is 29.2 Å². The first-order valence-electron chi connectivity index (χ1n) is 9.09. The topological polar surface area (TPSA) is 82.2 Å². The van der Waals surface area contributed by atoms with E-state index < -0.39 is 0 Å². The number of thiazole rings is 1. The van der Waals surface area contributed by atoms with Crippen molar-refractivity contribution in [2.24, 2.45) is 0 Å². The maximum absolute atomic E-state index is 12.6. The maximum Gasteiger partial charge on any atom is 0.273 e. The molecule has 0 unspecified atom stereocenters. The van der Waals surface area contributed by atoms with Crippen molar-refractivity contribution < 1.29 is 9.59 Å². The normalized spacial score (nSPS) is 15.1. The zero-order valence-corrected chi connectivity index (χ0v) is 15.7. The van der Waals surface area contributed by atoms with Gasteiger partial charge in [0.1, 0.15) is 11.5 Å². The molecule has 0 spiro atoms. The molecule has 0 saturated carbocycles. The van der Waals surface area contributed by atoms with E-state index in [1.165, 1.54) is 11.3 Å². The second-order valence-electron chi connectivity index (χ2n) is 6.60. The van der Waals surface area contributed by atoms with Gasteiger partial charge in [0.15, 0.2) is 0 Å². The van der Waals surface area contributed by atoms with Crippen LogP contribution < -0.4 is 0 Å². The highest BCUT2D eigenvalue weighted by atomic mass is 32.1. The summed E-state index contributed by atoms with van der Waals surface area (Å²) in [6.07, 6.45) is 1.79. The van der Waals surface area contributed by atoms with Crippen molar-refractivity contribution >= 4 is 34.2 Å². The quantitative estimate of drug-likeness (QED) is 0.750. The molecule has 27 heavy (non-hydrogen) atoms. The number of nitrogens with zero attached hydrogens (tertiary/aromatic N) is 4. The Labute approximate surface area is 161 Å². The molecule has 3 heterocycles. The van der Waals surface area contributed by atoms with Crippen LogP contribution in [-0.2, 0) is 11.2 Å². The van der Waals surface area contributed by atoms with E-state index in [0.29, 0.717) is 44.7 Å². The standard InChI is InChI=1S/C19H21N5O2S/c25-18(7-6-17-21-14-4-1-2-5-15(14)22-17)23-8-3-9-24(11-10-23)19(26)16-12-27-13-20-16/h1-2,4-5,12-13H,3,6-11H2,(H,21,22). The van der Waals surface area contributed by atoms with Crippen molar-refractivity contribution in [3.63, 3.8) is 0 Å². The molecule has 1 fully saturated rings. The number of nitrogens with one attached hydrogen (secondary N) is 1. The molecule has 4 rings (SSSR count). The number of fused-ring (bicyclic) bond motifs is 1. The van der Waals surface area contributed by atoms with Gasteiger partial charge in [-0.25, -0.2) is 9.97 Å². The second-order valence-corrected chi connectivity index (χ2v) is 7.32. The maximum atomic E-state index is 12.6. The first-order valence-corrected chi connectivity index (χ1v) is 10.0. The van der Waals surface area contributed by atoms with E-state index in [1.54, 1.807) is 15.8 Å². The molecule has 1 N–H and O–H groups in total. The minimum absolute atomic E-state index is 0.0483. The van der Waals surface area contributed by atoms with E-state index in [1.807, 2.05) is 29.2 Å². The Bertz CT molecular complexity index is 904. The smallest absolute Gasteiger partial charge is 0.273 e. The molecule has 1 aliphatic rings. The summed E-state index contributed by atoms with van der Waals surface area (Å²) in [7, 11) is 0. The Kier molecular flexibility index (Phi) is 5.15. The zero-order chi connectivity index (χ0) is 18.6. The number of benzene rings is 1. The third-order valence-electron chi connectivity index (χ3n) is 4.80. The molecule has 1 saturated heterocycles. The van der Waals surface area contributed by atoms with Crippen LogP contribution in [0.4, 0.5) is 0 Å². The number of hydrogen-bond donors (Lipinski definition) is 1. The number of para-hydroxylation sites is 2. The molecule has 8 heteroatoms. The molecule has 140 valence electrons. The van der Waals surface area contributed by atoms with Crippen molar-refractivity contribution in [2.75, 3.05) is 26.2 Å². The van der Waals surface area contributed by atoms with Gasteiger partial charge in [0, 0.05) is 44.4 Å². The van der Waals surface area contributed by atoms with Crippen LogP contribution in [0.3, 0.4) is 0 Å². The lowest BCUT2D eigenvalue weighted by atomic mass is 10.2. The SMILES string of the molecule is O=C(CCc1nc2ccccc2[nH]1)N1CCCN(C(=O)c2cscn2)CC1. The Morgan fingerprint density at radius 1 is 1.11 bits per heavy atom. The van der Waals surface area contributed by atoms with Gasteiger partial charge in [-0.05, 0) is 18.6 Å². The van der Waals surface area contributed by atoms with Crippen LogP contribution in [-0.4, -0.2) is 62.7 Å². The summed E-state index contributed by atoms with van der Waals surface area (Å²) in [6.45, 7) is 2.45. The lowest BCUT2D eigenvalue weighted by Gasteiger charge is -2.21. The lowest BCUT2D eigenvalue weighted by molar-refractivity contribution is -0.131. The number of imidazole rings is 1. The number of hydrogen-bond acceptors (Lipinski definition) is 5. The number of rotatable bonds is 4. The summed E-state index contributed by atoms with van der Waals surface area (Å²) >= 11 is 1.42. The van der Waals surface area contributed by atoms with Gasteiger partial charge in [-0.2, -0.15) is 0 Å². The number of amides is 2. The van der Waals surface area contributed by atoms with E-state index >= 15 is 0 Å². The second kappa shape index (κ2) is 7.87. The summed E-state index contributed by atoms with van der Waals surface area (Å²) in [6, 6.07) is 7.86. The van der Waals surface area contributed by atoms with E-state index in [0.717, 1.165) is 23.3 Å². The monoisotopic (exact) mass is 383 g/mol. The van der Waals surface area contributed by atoms with Crippen molar-refractivity contribution in [3.05, 3.63) is 46.7 Å². The number of carbonyl (C=O) groups is 2. The minimum Gasteiger partial charge on any atom is -0.342 e. The number of aromatic amines is 1. The Morgan fingerprint density at radius 3 is 2.74 bits per heavy atom. The number of H-pyrrole nitrogens is 1. The van der Waals surface area contributed by atoms with Crippen molar-refractivity contribution in [1.29, 1.82) is 0 Å². The highest BCUT2D eigenvalue weighted by molar-refractivity contribution is 7.07. The molecule has 2 amide bonds. The fourth-order valence-electron chi connectivity index (χ4n) is 3.36. The summed E-state index contributed by atoms with van der Waals surface area (Å²) in [5.41, 5.74) is 4.07. The minimum atomic E-state index is -0.0483. The number of aryl methyl sites for hydroxylation is 1. The summed E-state index contributed by atoms with van der Waals surface area (Å²) in [5, 5.41) is 1.77. The van der Waals surface area contributed by atoms with Crippen LogP contribution in [0.5, 0.6) is 0 Å². The first-order chi connectivity index (χ1) is 13.2. The van der Waals surface area contributed by atoms with E-state index in [9.17, 15) is 9.59 Å². The molecule has 3 aromatic rings. The van der Waals surface area contributed by atoms with E-state index in [4.69, 9.17) is 0 Å². The summed E-state index contributed by atoms with van der Waals surface area (Å²) in [5.74, 6) is 0.894. The summed E-state index contributed by atoms with van der Waals surface area (Å²) in [4.78, 5) is 40.6. The van der Waals surface area contributed by atoms with Gasteiger partial charge in [0.25, 0.3) is 5.91 Å². The van der Waals surface area contributed by atoms with Gasteiger partial charge < -0.3 is 14.8 Å². The number of aromatic nitrogens is 3. The van der Waals surface area contributed by atoms with Crippen LogP contribution >= 0.6 is 11.3 Å². The van der Waals surface area contributed by atoms with Crippen molar-refractivity contribution in [3.8, 4) is 0 Å². The molecule has 0 atom stereocenters. The molecule has 2 aromatic heterocycles. The van der Waals surface area contributed by atoms with Crippen molar-refractivity contribution in [2.45, 2.75) is 19.3 Å². The lowest BCUT2D eigenvalue weighted by Crippen LogP contribution is -2.37. The molecule has 1 aromatic carbocycles. The van der Waals surface area contributed by atoms with Crippen LogP contribution in [0, 0.1) is 0 Å². The average Bonchev–Trinajstić information content (AvgIpc) is 3.29. The van der Waals surface area contributed by atoms with Gasteiger partial charge in [-0.1, -0.05) is 12.1 Å². The van der Waals surface area contributed by atoms with Gasteiger partial charge in [-0.3, -0.25) is 9.59 Å². The van der Waals surface area contributed by atoms with Crippen LogP contribution in [0.2, 0.25) is 0 Å². The van der Waals surface area contributed by atoms with Gasteiger partial charge in [0.2, 0.25) is 5.91 Å². The molecule has 1 aliphatic heterocycles. The van der Waals surface area contributed by atoms with E-state index in [-0.39, 0.29) is 11.8 Å². The largest absolute Gasteiger partial charge is 0.342 e. The predicted molar refractivity (Wildman–Crippen MR) is 104 cm³/mol. The van der Waals surface area contributed by atoms with Gasteiger partial charge in [-0.15, -0.1) is 11.3 Å². The average molecular weight is 383 g/mol. The Balaban J connectivity index is 1.32. The molecule has 0 bridgehead atoms. The Hall–Kier alpha value is -2.74. The van der Waals surface area contributed by atoms with Crippen LogP contribution in [0.25, 0.3) is 11.0 Å². The summed E-state index contributed by atoms with van der Waals surface area (Å²) < 4.78 is 0. The van der Waals surface area contributed by atoms with Gasteiger partial charge >= 0.3 is 0 Å². The highest BCUT2D eigenvalue weighted by Gasteiger charge is 2.23.